The normalized spacial score (nSPS) is 14.3. The lowest BCUT2D eigenvalue weighted by atomic mass is 10.0. The van der Waals surface area contributed by atoms with E-state index in [2.05, 4.69) is 15.0 Å². The van der Waals surface area contributed by atoms with Gasteiger partial charge in [0.2, 0.25) is 0 Å². The third-order valence-electron chi connectivity index (χ3n) is 5.38. The molecule has 0 fully saturated rings. The van der Waals surface area contributed by atoms with Gasteiger partial charge in [0.1, 0.15) is 5.75 Å². The van der Waals surface area contributed by atoms with Gasteiger partial charge in [-0.3, -0.25) is 9.78 Å². The Labute approximate surface area is 183 Å². The van der Waals surface area contributed by atoms with Crippen LogP contribution in [0.4, 0.5) is 18.9 Å². The fourth-order valence-electron chi connectivity index (χ4n) is 3.92. The number of ether oxygens (including phenoxy) is 1. The summed E-state index contributed by atoms with van der Waals surface area (Å²) in [6.45, 7) is 4.69. The van der Waals surface area contributed by atoms with Gasteiger partial charge in [-0.15, -0.1) is 13.2 Å². The number of hydrogen-bond acceptors (Lipinski definition) is 4. The zero-order valence-electron chi connectivity index (χ0n) is 17.6. The number of nitrogens with one attached hydrogen (secondary N) is 1. The monoisotopic (exact) mass is 441 g/mol. The maximum absolute atomic E-state index is 13.0. The summed E-state index contributed by atoms with van der Waals surface area (Å²) >= 11 is 0. The minimum absolute atomic E-state index is 0.0480. The van der Waals surface area contributed by atoms with Crippen LogP contribution in [0.1, 0.15) is 45.6 Å². The van der Waals surface area contributed by atoms with E-state index in [-0.39, 0.29) is 17.7 Å². The van der Waals surface area contributed by atoms with Crippen molar-refractivity contribution in [1.29, 1.82) is 0 Å². The molecule has 0 saturated heterocycles. The maximum atomic E-state index is 13.0. The number of anilines is 1. The molecule has 1 aliphatic rings. The summed E-state index contributed by atoms with van der Waals surface area (Å²) in [5.41, 5.74) is 5.18. The van der Waals surface area contributed by atoms with Gasteiger partial charge in [-0.25, -0.2) is 0 Å². The second-order valence-electron chi connectivity index (χ2n) is 7.83. The second-order valence-corrected chi connectivity index (χ2v) is 7.83. The molecule has 1 N–H and O–H groups in total. The fraction of sp³-hybridized carbons (Fsp3) is 0.250. The van der Waals surface area contributed by atoms with Crippen molar-refractivity contribution in [1.82, 2.24) is 9.88 Å². The molecule has 0 bridgehead atoms. The van der Waals surface area contributed by atoms with Crippen LogP contribution in [0.3, 0.4) is 0 Å². The van der Waals surface area contributed by atoms with Crippen molar-refractivity contribution in [3.63, 3.8) is 0 Å². The summed E-state index contributed by atoms with van der Waals surface area (Å²) in [5.74, 6) is -0.369. The van der Waals surface area contributed by atoms with Crippen molar-refractivity contribution >= 4 is 11.6 Å². The number of benzene rings is 2. The number of halogens is 3. The number of pyridine rings is 1. The first-order valence-corrected chi connectivity index (χ1v) is 10.1. The standard InChI is InChI=1S/C24H22F3N3O2/c1-15-10-20(29-16(2)18-4-3-9-28-12-18)11-19-14-30(23(31)22(15)19)13-17-5-7-21(8-6-17)32-24(25,26)27/h3-12,16,29H,13-14H2,1-2H3. The second kappa shape index (κ2) is 8.53. The zero-order chi connectivity index (χ0) is 22.9. The molecule has 166 valence electrons. The van der Waals surface area contributed by atoms with Crippen LogP contribution in [-0.2, 0) is 13.1 Å². The Morgan fingerprint density at radius 1 is 1.19 bits per heavy atom. The third kappa shape index (κ3) is 4.85. The van der Waals surface area contributed by atoms with E-state index in [1.807, 2.05) is 44.3 Å². The molecule has 8 heteroatoms. The number of carbonyl (C=O) groups is 1. The summed E-state index contributed by atoms with van der Waals surface area (Å²) in [5, 5.41) is 3.46. The Kier molecular flexibility index (Phi) is 5.78. The molecule has 0 spiro atoms. The molecular weight excluding hydrogens is 419 g/mol. The Hall–Kier alpha value is -3.55. The van der Waals surface area contributed by atoms with Crippen molar-refractivity contribution in [2.45, 2.75) is 39.3 Å². The molecule has 5 nitrogen and oxygen atoms in total. The Morgan fingerprint density at radius 3 is 2.59 bits per heavy atom. The predicted molar refractivity (Wildman–Crippen MR) is 114 cm³/mol. The Morgan fingerprint density at radius 2 is 1.94 bits per heavy atom. The lowest BCUT2D eigenvalue weighted by Crippen LogP contribution is -2.23. The number of amides is 1. The van der Waals surface area contributed by atoms with E-state index >= 15 is 0 Å². The van der Waals surface area contributed by atoms with Gasteiger partial charge in [-0.2, -0.15) is 0 Å². The molecule has 1 atom stereocenters. The van der Waals surface area contributed by atoms with Crippen LogP contribution in [0.25, 0.3) is 0 Å². The molecule has 1 amide bonds. The lowest BCUT2D eigenvalue weighted by molar-refractivity contribution is -0.274. The van der Waals surface area contributed by atoms with Gasteiger partial charge in [0.15, 0.2) is 0 Å². The molecule has 0 aliphatic carbocycles. The van der Waals surface area contributed by atoms with Gasteiger partial charge in [0.25, 0.3) is 5.91 Å². The zero-order valence-corrected chi connectivity index (χ0v) is 17.6. The van der Waals surface area contributed by atoms with Crippen LogP contribution < -0.4 is 10.1 Å². The van der Waals surface area contributed by atoms with Gasteiger partial charge in [0.05, 0.1) is 6.04 Å². The average Bonchev–Trinajstić information content (AvgIpc) is 3.04. The Balaban J connectivity index is 1.47. The first kappa shape index (κ1) is 21.7. The SMILES string of the molecule is Cc1cc(NC(C)c2cccnc2)cc2c1C(=O)N(Cc1ccc(OC(F)(F)F)cc1)C2. The number of aromatic nitrogens is 1. The molecule has 0 radical (unpaired) electrons. The van der Waals surface area contributed by atoms with Gasteiger partial charge >= 0.3 is 6.36 Å². The van der Waals surface area contributed by atoms with Crippen LogP contribution >= 0.6 is 0 Å². The average molecular weight is 441 g/mol. The smallest absolute Gasteiger partial charge is 0.406 e. The molecule has 1 aliphatic heterocycles. The van der Waals surface area contributed by atoms with Crippen molar-refractivity contribution in [3.8, 4) is 5.75 Å². The summed E-state index contributed by atoms with van der Waals surface area (Å²) in [4.78, 5) is 18.8. The van der Waals surface area contributed by atoms with Crippen LogP contribution in [0.15, 0.2) is 60.9 Å². The van der Waals surface area contributed by atoms with Crippen LogP contribution in [-0.4, -0.2) is 22.2 Å². The maximum Gasteiger partial charge on any atom is 0.573 e. The first-order valence-electron chi connectivity index (χ1n) is 10.1. The minimum atomic E-state index is -4.73. The van der Waals surface area contributed by atoms with E-state index in [1.165, 1.54) is 24.3 Å². The number of hydrogen-bond donors (Lipinski definition) is 1. The van der Waals surface area contributed by atoms with Crippen molar-refractivity contribution < 1.29 is 22.7 Å². The van der Waals surface area contributed by atoms with E-state index in [9.17, 15) is 18.0 Å². The van der Waals surface area contributed by atoms with Gasteiger partial charge < -0.3 is 15.0 Å². The summed E-state index contributed by atoms with van der Waals surface area (Å²) in [7, 11) is 0. The Bertz CT molecular complexity index is 1120. The summed E-state index contributed by atoms with van der Waals surface area (Å²) < 4.78 is 40.9. The first-order chi connectivity index (χ1) is 15.2. The number of carbonyl (C=O) groups excluding carboxylic acids is 1. The van der Waals surface area contributed by atoms with E-state index in [4.69, 9.17) is 0 Å². The molecule has 32 heavy (non-hydrogen) atoms. The molecule has 4 rings (SSSR count). The van der Waals surface area contributed by atoms with E-state index < -0.39 is 6.36 Å². The topological polar surface area (TPSA) is 54.5 Å². The number of fused-ring (bicyclic) bond motifs is 1. The fourth-order valence-corrected chi connectivity index (χ4v) is 3.92. The van der Waals surface area contributed by atoms with Crippen molar-refractivity contribution in [3.05, 3.63) is 88.7 Å². The molecule has 0 saturated carbocycles. The highest BCUT2D eigenvalue weighted by atomic mass is 19.4. The van der Waals surface area contributed by atoms with Crippen LogP contribution in [0.5, 0.6) is 5.75 Å². The van der Waals surface area contributed by atoms with Gasteiger partial charge in [0, 0.05) is 36.7 Å². The van der Waals surface area contributed by atoms with Gasteiger partial charge in [-0.05, 0) is 66.4 Å². The number of rotatable bonds is 6. The summed E-state index contributed by atoms with van der Waals surface area (Å²) in [6.07, 6.45) is -1.19. The highest BCUT2D eigenvalue weighted by molar-refractivity contribution is 6.00. The molecular formula is C24H22F3N3O2. The third-order valence-corrected chi connectivity index (χ3v) is 5.38. The number of aryl methyl sites for hydroxylation is 1. The quantitative estimate of drug-likeness (QED) is 0.540. The molecule has 1 aromatic heterocycles. The number of nitrogens with zero attached hydrogens (tertiary/aromatic N) is 2. The predicted octanol–water partition coefficient (Wildman–Crippen LogP) is 5.62. The van der Waals surface area contributed by atoms with Gasteiger partial charge in [-0.1, -0.05) is 18.2 Å². The minimum Gasteiger partial charge on any atom is -0.406 e. The largest absolute Gasteiger partial charge is 0.573 e. The van der Waals surface area contributed by atoms with E-state index in [1.54, 1.807) is 11.1 Å². The molecule has 2 aromatic carbocycles. The highest BCUT2D eigenvalue weighted by Gasteiger charge is 2.32. The van der Waals surface area contributed by atoms with Crippen LogP contribution in [0.2, 0.25) is 0 Å². The number of alkyl halides is 3. The van der Waals surface area contributed by atoms with Crippen molar-refractivity contribution in [2.24, 2.45) is 0 Å². The van der Waals surface area contributed by atoms with Crippen molar-refractivity contribution in [2.75, 3.05) is 5.32 Å². The van der Waals surface area contributed by atoms with Crippen LogP contribution in [0, 0.1) is 6.92 Å². The molecule has 3 aromatic rings. The summed E-state index contributed by atoms with van der Waals surface area (Å²) in [6, 6.07) is 13.4. The molecule has 1 unspecified atom stereocenters. The molecule has 2 heterocycles. The van der Waals surface area contributed by atoms with E-state index in [0.29, 0.717) is 18.7 Å². The highest BCUT2D eigenvalue weighted by Crippen LogP contribution is 2.32. The lowest BCUT2D eigenvalue weighted by Gasteiger charge is -2.16. The van der Waals surface area contributed by atoms with E-state index in [0.717, 1.165) is 27.9 Å².